The van der Waals surface area contributed by atoms with E-state index in [-0.39, 0.29) is 11.3 Å². The summed E-state index contributed by atoms with van der Waals surface area (Å²) >= 11 is 1.22. The Morgan fingerprint density at radius 2 is 2.00 bits per heavy atom. The fraction of sp³-hybridized carbons (Fsp3) is 0.176. The first-order valence-corrected chi connectivity index (χ1v) is 7.74. The van der Waals surface area contributed by atoms with E-state index in [1.807, 2.05) is 0 Å². The van der Waals surface area contributed by atoms with E-state index in [1.165, 1.54) is 18.9 Å². The Kier molecular flexibility index (Phi) is 5.87. The molecule has 0 N–H and O–H groups in total. The van der Waals surface area contributed by atoms with E-state index >= 15 is 0 Å². The first-order chi connectivity index (χ1) is 11.1. The summed E-state index contributed by atoms with van der Waals surface area (Å²) in [6.45, 7) is 0. The number of benzene rings is 2. The minimum absolute atomic E-state index is 0.174. The van der Waals surface area contributed by atoms with Gasteiger partial charge in [0.25, 0.3) is 0 Å². The van der Waals surface area contributed by atoms with Crippen molar-refractivity contribution >= 4 is 24.0 Å². The molecule has 0 aliphatic heterocycles. The number of methoxy groups -OCH3 is 1. The van der Waals surface area contributed by atoms with Crippen molar-refractivity contribution in [2.45, 2.75) is 16.6 Å². The van der Waals surface area contributed by atoms with Crippen molar-refractivity contribution in [1.82, 2.24) is 0 Å². The number of halogens is 2. The largest absolute Gasteiger partial charge is 0.468 e. The zero-order valence-electron chi connectivity index (χ0n) is 12.3. The van der Waals surface area contributed by atoms with Gasteiger partial charge in [0, 0.05) is 16.2 Å². The van der Waals surface area contributed by atoms with Gasteiger partial charge in [-0.15, -0.1) is 11.8 Å². The van der Waals surface area contributed by atoms with Gasteiger partial charge in [0.2, 0.25) is 0 Å². The highest BCUT2D eigenvalue weighted by molar-refractivity contribution is 7.98. The van der Waals surface area contributed by atoms with Gasteiger partial charge in [-0.1, -0.05) is 18.2 Å². The lowest BCUT2D eigenvalue weighted by molar-refractivity contribution is -0.143. The van der Waals surface area contributed by atoms with Crippen LogP contribution in [0.3, 0.4) is 0 Å². The number of carbonyl (C=O) groups excluding carboxylic acids is 2. The van der Waals surface area contributed by atoms with Gasteiger partial charge in [-0.2, -0.15) is 0 Å². The number of ether oxygens (including phenoxy) is 1. The molecule has 2 aromatic carbocycles. The van der Waals surface area contributed by atoms with Crippen molar-refractivity contribution in [3.05, 3.63) is 65.2 Å². The molecule has 0 fully saturated rings. The highest BCUT2D eigenvalue weighted by atomic mass is 32.2. The van der Waals surface area contributed by atoms with E-state index in [1.54, 1.807) is 24.3 Å². The van der Waals surface area contributed by atoms with Crippen LogP contribution in [0, 0.1) is 11.6 Å². The third kappa shape index (κ3) is 4.16. The van der Waals surface area contributed by atoms with E-state index in [9.17, 15) is 18.4 Å². The predicted octanol–water partition coefficient (Wildman–Crippen LogP) is 3.71. The Labute approximate surface area is 136 Å². The Morgan fingerprint density at radius 1 is 1.26 bits per heavy atom. The lowest BCUT2D eigenvalue weighted by Crippen LogP contribution is -2.16. The smallest absolute Gasteiger partial charge is 0.320 e. The number of thioether (sulfide) groups is 1. The number of hydrogen-bond donors (Lipinski definition) is 0. The Hall–Kier alpha value is -2.21. The molecule has 23 heavy (non-hydrogen) atoms. The molecule has 0 aliphatic rings. The molecule has 6 heteroatoms. The molecule has 0 amide bonds. The van der Waals surface area contributed by atoms with Crippen LogP contribution >= 0.6 is 11.8 Å². The summed E-state index contributed by atoms with van der Waals surface area (Å²) in [6, 6.07) is 10.0. The number of aldehydes is 1. The molecule has 0 saturated heterocycles. The molecular formula is C17H14F2O3S. The maximum Gasteiger partial charge on any atom is 0.320 e. The van der Waals surface area contributed by atoms with Crippen LogP contribution in [0.4, 0.5) is 8.78 Å². The number of rotatable bonds is 6. The molecule has 0 saturated carbocycles. The summed E-state index contributed by atoms with van der Waals surface area (Å²) in [5, 5.41) is 0. The van der Waals surface area contributed by atoms with Crippen LogP contribution in [0.1, 0.15) is 17.0 Å². The van der Waals surface area contributed by atoms with E-state index in [4.69, 9.17) is 0 Å². The molecule has 0 radical (unpaired) electrons. The van der Waals surface area contributed by atoms with Crippen molar-refractivity contribution < 1.29 is 23.1 Å². The van der Waals surface area contributed by atoms with Crippen LogP contribution in [0.2, 0.25) is 0 Å². The normalized spacial score (nSPS) is 11.8. The Balaban J connectivity index is 2.25. The van der Waals surface area contributed by atoms with Gasteiger partial charge in [0.15, 0.2) is 0 Å². The first-order valence-electron chi connectivity index (χ1n) is 6.75. The average Bonchev–Trinajstić information content (AvgIpc) is 2.57. The van der Waals surface area contributed by atoms with E-state index < -0.39 is 23.5 Å². The maximum atomic E-state index is 13.7. The summed E-state index contributed by atoms with van der Waals surface area (Å²) < 4.78 is 31.5. The van der Waals surface area contributed by atoms with Gasteiger partial charge in [0.05, 0.1) is 7.11 Å². The van der Waals surface area contributed by atoms with E-state index in [0.717, 1.165) is 18.2 Å². The molecule has 120 valence electrons. The van der Waals surface area contributed by atoms with Crippen molar-refractivity contribution in [2.75, 3.05) is 7.11 Å². The van der Waals surface area contributed by atoms with Crippen LogP contribution < -0.4 is 0 Å². The van der Waals surface area contributed by atoms with Crippen LogP contribution in [-0.4, -0.2) is 19.4 Å². The minimum atomic E-state index is -1.04. The topological polar surface area (TPSA) is 43.4 Å². The highest BCUT2D eigenvalue weighted by Gasteiger charge is 2.23. The summed E-state index contributed by atoms with van der Waals surface area (Å²) in [5.74, 6) is -2.55. The first kappa shape index (κ1) is 17.1. The van der Waals surface area contributed by atoms with E-state index in [2.05, 4.69) is 4.74 Å². The maximum absolute atomic E-state index is 13.7. The van der Waals surface area contributed by atoms with Crippen molar-refractivity contribution in [3.63, 3.8) is 0 Å². The van der Waals surface area contributed by atoms with E-state index in [0.29, 0.717) is 16.7 Å². The molecule has 2 aromatic rings. The van der Waals surface area contributed by atoms with Crippen molar-refractivity contribution in [1.29, 1.82) is 0 Å². The lowest BCUT2D eigenvalue weighted by atomic mass is 10.0. The molecule has 0 aliphatic carbocycles. The van der Waals surface area contributed by atoms with Gasteiger partial charge in [-0.3, -0.25) is 4.79 Å². The zero-order chi connectivity index (χ0) is 16.8. The van der Waals surface area contributed by atoms with Crippen LogP contribution in [-0.2, 0) is 20.1 Å². The van der Waals surface area contributed by atoms with Gasteiger partial charge in [-0.25, -0.2) is 8.78 Å². The molecule has 1 unspecified atom stereocenters. The van der Waals surface area contributed by atoms with Crippen molar-refractivity contribution in [2.24, 2.45) is 0 Å². The van der Waals surface area contributed by atoms with Crippen molar-refractivity contribution in [3.8, 4) is 0 Å². The van der Waals surface area contributed by atoms with Gasteiger partial charge >= 0.3 is 5.97 Å². The Morgan fingerprint density at radius 3 is 2.70 bits per heavy atom. The Bertz CT molecular complexity index is 719. The van der Waals surface area contributed by atoms with Crippen LogP contribution in [0.25, 0.3) is 0 Å². The third-order valence-electron chi connectivity index (χ3n) is 3.24. The fourth-order valence-corrected chi connectivity index (χ4v) is 3.13. The predicted molar refractivity (Wildman–Crippen MR) is 83.2 cm³/mol. The van der Waals surface area contributed by atoms with Gasteiger partial charge in [-0.05, 0) is 29.8 Å². The molecule has 0 bridgehead atoms. The quantitative estimate of drug-likeness (QED) is 0.349. The van der Waals surface area contributed by atoms with Gasteiger partial charge in [0.1, 0.15) is 23.8 Å². The fourth-order valence-electron chi connectivity index (χ4n) is 2.06. The standard InChI is InChI=1S/C17H14F2O3S/c1-22-17(21)14(9-20)13-4-2-3-5-16(13)23-10-11-8-12(18)6-7-15(11)19/h2-9,14H,10H2,1H3. The summed E-state index contributed by atoms with van der Waals surface area (Å²) in [6.07, 6.45) is 0.508. The lowest BCUT2D eigenvalue weighted by Gasteiger charge is -2.13. The zero-order valence-corrected chi connectivity index (χ0v) is 13.1. The number of hydrogen-bond acceptors (Lipinski definition) is 4. The monoisotopic (exact) mass is 336 g/mol. The number of carbonyl (C=O) groups is 2. The average molecular weight is 336 g/mol. The molecular weight excluding hydrogens is 322 g/mol. The molecule has 1 atom stereocenters. The molecule has 3 nitrogen and oxygen atoms in total. The summed E-state index contributed by atoms with van der Waals surface area (Å²) in [5.41, 5.74) is 0.696. The second kappa shape index (κ2) is 7.87. The highest BCUT2D eigenvalue weighted by Crippen LogP contribution is 2.31. The summed E-state index contributed by atoms with van der Waals surface area (Å²) in [4.78, 5) is 23.5. The second-order valence-corrected chi connectivity index (χ2v) is 5.72. The van der Waals surface area contributed by atoms with Gasteiger partial charge < -0.3 is 9.53 Å². The molecule has 0 aromatic heterocycles. The third-order valence-corrected chi connectivity index (χ3v) is 4.37. The molecule has 0 spiro atoms. The molecule has 2 rings (SSSR count). The SMILES string of the molecule is COC(=O)C(C=O)c1ccccc1SCc1cc(F)ccc1F. The molecule has 0 heterocycles. The van der Waals surface area contributed by atoms with Crippen LogP contribution in [0.5, 0.6) is 0 Å². The van der Waals surface area contributed by atoms with Crippen LogP contribution in [0.15, 0.2) is 47.4 Å². The number of esters is 1. The minimum Gasteiger partial charge on any atom is -0.468 e. The summed E-state index contributed by atoms with van der Waals surface area (Å²) in [7, 11) is 1.21. The second-order valence-electron chi connectivity index (χ2n) is 4.70.